The molecule has 0 N–H and O–H groups in total. The van der Waals surface area contributed by atoms with E-state index in [-0.39, 0.29) is 10.9 Å². The lowest BCUT2D eigenvalue weighted by Crippen LogP contribution is -2.30. The molecule has 1 rings (SSSR count). The second kappa shape index (κ2) is 5.16. The number of hydrogen-bond donors (Lipinski definition) is 0. The molecule has 4 nitrogen and oxygen atoms in total. The van der Waals surface area contributed by atoms with Gasteiger partial charge in [-0.3, -0.25) is 4.79 Å². The summed E-state index contributed by atoms with van der Waals surface area (Å²) in [7, 11) is 3.56. The molecule has 84 valence electrons. The minimum absolute atomic E-state index is 0.0813. The van der Waals surface area contributed by atoms with Crippen molar-refractivity contribution in [3.8, 4) is 0 Å². The summed E-state index contributed by atoms with van der Waals surface area (Å²) < 4.78 is 1.52. The molecule has 1 aromatic heterocycles. The van der Waals surface area contributed by atoms with Crippen LogP contribution < -0.4 is 10.5 Å². The fourth-order valence-corrected chi connectivity index (χ4v) is 1.32. The Balaban J connectivity index is 2.78. The first-order valence-electron chi connectivity index (χ1n) is 4.89. The molecular formula is C10H16ClN3O. The Bertz CT molecular complexity index is 375. The first-order valence-corrected chi connectivity index (χ1v) is 5.33. The minimum atomic E-state index is -0.0813. The number of alkyl halides is 1. The molecule has 0 aliphatic carbocycles. The van der Waals surface area contributed by atoms with Gasteiger partial charge in [0.1, 0.15) is 0 Å². The van der Waals surface area contributed by atoms with Gasteiger partial charge in [-0.25, -0.2) is 4.98 Å². The zero-order valence-corrected chi connectivity index (χ0v) is 10.0. The predicted molar refractivity (Wildman–Crippen MR) is 62.7 cm³/mol. The van der Waals surface area contributed by atoms with Crippen LogP contribution in [0.25, 0.3) is 0 Å². The molecule has 0 saturated heterocycles. The molecule has 0 aliphatic heterocycles. The summed E-state index contributed by atoms with van der Waals surface area (Å²) in [5.74, 6) is 0.470. The molecule has 0 aromatic carbocycles. The van der Waals surface area contributed by atoms with Gasteiger partial charge < -0.3 is 9.47 Å². The van der Waals surface area contributed by atoms with Crippen molar-refractivity contribution >= 4 is 17.4 Å². The Morgan fingerprint density at radius 3 is 2.93 bits per heavy atom. The van der Waals surface area contributed by atoms with Gasteiger partial charge in [0.15, 0.2) is 5.82 Å². The van der Waals surface area contributed by atoms with Crippen LogP contribution in [0.5, 0.6) is 0 Å². The van der Waals surface area contributed by atoms with Crippen LogP contribution in [0, 0.1) is 0 Å². The van der Waals surface area contributed by atoms with E-state index in [0.717, 1.165) is 13.0 Å². The Morgan fingerprint density at radius 2 is 2.33 bits per heavy atom. The monoisotopic (exact) mass is 229 g/mol. The maximum atomic E-state index is 11.7. The number of rotatable bonds is 4. The normalized spacial score (nSPS) is 12.5. The molecule has 15 heavy (non-hydrogen) atoms. The average molecular weight is 230 g/mol. The highest BCUT2D eigenvalue weighted by molar-refractivity contribution is 6.20. The van der Waals surface area contributed by atoms with Crippen molar-refractivity contribution in [3.63, 3.8) is 0 Å². The van der Waals surface area contributed by atoms with Crippen molar-refractivity contribution < 1.29 is 0 Å². The molecule has 0 amide bonds. The Hall–Kier alpha value is -1.03. The van der Waals surface area contributed by atoms with E-state index in [0.29, 0.717) is 5.82 Å². The molecule has 0 spiro atoms. The molecule has 1 unspecified atom stereocenters. The second-order valence-corrected chi connectivity index (χ2v) is 4.40. The van der Waals surface area contributed by atoms with Crippen molar-refractivity contribution in [2.45, 2.75) is 18.7 Å². The fraction of sp³-hybridized carbons (Fsp3) is 0.600. The zero-order chi connectivity index (χ0) is 11.4. The maximum absolute atomic E-state index is 11.7. The summed E-state index contributed by atoms with van der Waals surface area (Å²) in [6.45, 7) is 2.67. The molecular weight excluding hydrogens is 214 g/mol. The highest BCUT2D eigenvalue weighted by Gasteiger charge is 2.08. The standard InChI is InChI=1S/C10H16ClN3O/c1-8(11)4-6-13(2)9-10(15)14(3)7-5-12-9/h5,7-8H,4,6H2,1-3H3. The molecule has 0 saturated carbocycles. The highest BCUT2D eigenvalue weighted by Crippen LogP contribution is 2.05. The smallest absolute Gasteiger partial charge is 0.293 e. The minimum Gasteiger partial charge on any atom is -0.355 e. The maximum Gasteiger partial charge on any atom is 0.293 e. The van der Waals surface area contributed by atoms with Crippen LogP contribution in [-0.4, -0.2) is 28.5 Å². The second-order valence-electron chi connectivity index (χ2n) is 3.66. The summed E-state index contributed by atoms with van der Waals surface area (Å²) in [4.78, 5) is 17.6. The molecule has 5 heteroatoms. The van der Waals surface area contributed by atoms with E-state index in [1.165, 1.54) is 4.57 Å². The predicted octanol–water partition coefficient (Wildman–Crippen LogP) is 1.23. The lowest BCUT2D eigenvalue weighted by Gasteiger charge is -2.18. The number of anilines is 1. The molecule has 1 heterocycles. The van der Waals surface area contributed by atoms with Crippen LogP contribution in [0.1, 0.15) is 13.3 Å². The van der Waals surface area contributed by atoms with E-state index in [9.17, 15) is 4.79 Å². The lowest BCUT2D eigenvalue weighted by atomic mass is 10.3. The van der Waals surface area contributed by atoms with Gasteiger partial charge in [0, 0.05) is 38.4 Å². The van der Waals surface area contributed by atoms with Crippen LogP contribution in [-0.2, 0) is 7.05 Å². The van der Waals surface area contributed by atoms with E-state index in [1.807, 2.05) is 18.9 Å². The van der Waals surface area contributed by atoms with E-state index in [1.54, 1.807) is 19.4 Å². The summed E-state index contributed by atoms with van der Waals surface area (Å²) in [5, 5.41) is 0.111. The van der Waals surface area contributed by atoms with E-state index in [2.05, 4.69) is 4.98 Å². The van der Waals surface area contributed by atoms with Gasteiger partial charge in [-0.15, -0.1) is 11.6 Å². The molecule has 0 bridgehead atoms. The summed E-state index contributed by atoms with van der Waals surface area (Å²) in [6.07, 6.45) is 4.10. The number of aromatic nitrogens is 2. The largest absolute Gasteiger partial charge is 0.355 e. The number of aryl methyl sites for hydroxylation is 1. The van der Waals surface area contributed by atoms with E-state index >= 15 is 0 Å². The SMILES string of the molecule is CC(Cl)CCN(C)c1nccn(C)c1=O. The van der Waals surface area contributed by atoms with Crippen LogP contribution in [0.2, 0.25) is 0 Å². The topological polar surface area (TPSA) is 38.1 Å². The van der Waals surface area contributed by atoms with E-state index < -0.39 is 0 Å². The van der Waals surface area contributed by atoms with Crippen LogP contribution >= 0.6 is 11.6 Å². The molecule has 0 radical (unpaired) electrons. The molecule has 1 aromatic rings. The van der Waals surface area contributed by atoms with Gasteiger partial charge in [0.2, 0.25) is 0 Å². The van der Waals surface area contributed by atoms with Crippen molar-refractivity contribution in [1.29, 1.82) is 0 Å². The number of hydrogen-bond acceptors (Lipinski definition) is 3. The van der Waals surface area contributed by atoms with Crippen LogP contribution in [0.4, 0.5) is 5.82 Å². The average Bonchev–Trinajstić information content (AvgIpc) is 2.18. The van der Waals surface area contributed by atoms with Gasteiger partial charge in [0.25, 0.3) is 5.56 Å². The summed E-state index contributed by atoms with van der Waals surface area (Å²) >= 11 is 5.85. The quantitative estimate of drug-likeness (QED) is 0.729. The first kappa shape index (κ1) is 12.0. The van der Waals surface area contributed by atoms with Crippen molar-refractivity contribution in [3.05, 3.63) is 22.7 Å². The molecule has 0 aliphatic rings. The summed E-state index contributed by atoms with van der Waals surface area (Å²) in [5.41, 5.74) is -0.0813. The van der Waals surface area contributed by atoms with Gasteiger partial charge in [-0.1, -0.05) is 0 Å². The first-order chi connectivity index (χ1) is 7.02. The Morgan fingerprint density at radius 1 is 1.67 bits per heavy atom. The fourth-order valence-electron chi connectivity index (χ4n) is 1.22. The Labute approximate surface area is 94.5 Å². The van der Waals surface area contributed by atoms with Gasteiger partial charge >= 0.3 is 0 Å². The third kappa shape index (κ3) is 3.23. The molecule has 0 fully saturated rings. The Kier molecular flexibility index (Phi) is 4.15. The summed E-state index contributed by atoms with van der Waals surface area (Å²) in [6, 6.07) is 0. The zero-order valence-electron chi connectivity index (χ0n) is 9.27. The third-order valence-corrected chi connectivity index (χ3v) is 2.44. The molecule has 1 atom stereocenters. The van der Waals surface area contributed by atoms with Crippen molar-refractivity contribution in [2.75, 3.05) is 18.5 Å². The van der Waals surface area contributed by atoms with Crippen LogP contribution in [0.3, 0.4) is 0 Å². The van der Waals surface area contributed by atoms with Crippen molar-refractivity contribution in [2.24, 2.45) is 7.05 Å². The number of nitrogens with zero attached hydrogens (tertiary/aromatic N) is 3. The highest BCUT2D eigenvalue weighted by atomic mass is 35.5. The third-order valence-electron chi connectivity index (χ3n) is 2.22. The van der Waals surface area contributed by atoms with Gasteiger partial charge in [0.05, 0.1) is 0 Å². The number of halogens is 1. The van der Waals surface area contributed by atoms with Crippen LogP contribution in [0.15, 0.2) is 17.2 Å². The van der Waals surface area contributed by atoms with Crippen molar-refractivity contribution in [1.82, 2.24) is 9.55 Å². The van der Waals surface area contributed by atoms with E-state index in [4.69, 9.17) is 11.6 Å². The van der Waals surface area contributed by atoms with Gasteiger partial charge in [-0.2, -0.15) is 0 Å². The van der Waals surface area contributed by atoms with Gasteiger partial charge in [-0.05, 0) is 13.3 Å². The lowest BCUT2D eigenvalue weighted by molar-refractivity contribution is 0.746.